The average Bonchev–Trinajstić information content (AvgIpc) is 2.41. The Morgan fingerprint density at radius 3 is 2.43 bits per heavy atom. The largest absolute Gasteiger partial charge is 0.417 e. The van der Waals surface area contributed by atoms with E-state index in [1.54, 1.807) is 0 Å². The van der Waals surface area contributed by atoms with Gasteiger partial charge in [-0.25, -0.2) is 4.39 Å². The molecule has 0 aliphatic carbocycles. The minimum Gasteiger partial charge on any atom is -0.318 e. The summed E-state index contributed by atoms with van der Waals surface area (Å²) >= 11 is 3.06. The molecule has 0 bridgehead atoms. The highest BCUT2D eigenvalue weighted by Crippen LogP contribution is 2.28. The maximum absolute atomic E-state index is 13.5. The van der Waals surface area contributed by atoms with E-state index in [1.807, 2.05) is 0 Å². The highest BCUT2D eigenvalue weighted by Gasteiger charge is 2.30. The zero-order valence-electron chi connectivity index (χ0n) is 10.2. The average molecular weight is 363 g/mol. The molecule has 2 rings (SSSR count). The van der Waals surface area contributed by atoms with Crippen molar-refractivity contribution >= 4 is 27.5 Å². The first-order chi connectivity index (χ1) is 9.77. The van der Waals surface area contributed by atoms with Crippen molar-refractivity contribution in [3.8, 4) is 0 Å². The third-order valence-corrected chi connectivity index (χ3v) is 3.00. The van der Waals surface area contributed by atoms with Gasteiger partial charge in [-0.05, 0) is 30.3 Å². The lowest BCUT2D eigenvalue weighted by molar-refractivity contribution is -0.137. The van der Waals surface area contributed by atoms with Crippen LogP contribution < -0.4 is 5.32 Å². The lowest BCUT2D eigenvalue weighted by Crippen LogP contribution is -2.15. The Balaban J connectivity index is 2.17. The number of alkyl halides is 3. The van der Waals surface area contributed by atoms with Gasteiger partial charge in [0.25, 0.3) is 5.91 Å². The maximum Gasteiger partial charge on any atom is 0.417 e. The molecule has 0 radical (unpaired) electrons. The number of amides is 1. The van der Waals surface area contributed by atoms with Gasteiger partial charge in [0.2, 0.25) is 0 Å². The van der Waals surface area contributed by atoms with E-state index in [9.17, 15) is 22.4 Å². The van der Waals surface area contributed by atoms with Crippen LogP contribution in [0, 0.1) is 5.82 Å². The minimum atomic E-state index is -4.53. The van der Waals surface area contributed by atoms with E-state index in [4.69, 9.17) is 0 Å². The molecular weight excluding hydrogens is 356 g/mol. The van der Waals surface area contributed by atoms with Crippen molar-refractivity contribution in [3.63, 3.8) is 0 Å². The number of aromatic nitrogens is 1. The van der Waals surface area contributed by atoms with Crippen LogP contribution in [0.2, 0.25) is 0 Å². The molecule has 0 saturated carbocycles. The zero-order chi connectivity index (χ0) is 15.6. The summed E-state index contributed by atoms with van der Waals surface area (Å²) in [6.45, 7) is 0. The maximum atomic E-state index is 13.5. The van der Waals surface area contributed by atoms with E-state index in [1.165, 1.54) is 12.1 Å². The topological polar surface area (TPSA) is 42.0 Å². The number of nitrogens with one attached hydrogen (secondary N) is 1. The first-order valence-corrected chi connectivity index (χ1v) is 6.36. The molecule has 0 saturated heterocycles. The second-order valence-corrected chi connectivity index (χ2v) is 4.92. The molecule has 21 heavy (non-hydrogen) atoms. The Bertz CT molecular complexity index is 671. The van der Waals surface area contributed by atoms with Gasteiger partial charge in [-0.3, -0.25) is 9.78 Å². The Kier molecular flexibility index (Phi) is 4.26. The smallest absolute Gasteiger partial charge is 0.318 e. The number of hydrogen-bond acceptors (Lipinski definition) is 2. The Labute approximate surface area is 125 Å². The summed E-state index contributed by atoms with van der Waals surface area (Å²) in [4.78, 5) is 15.2. The highest BCUT2D eigenvalue weighted by molar-refractivity contribution is 9.10. The molecule has 0 unspecified atom stereocenters. The van der Waals surface area contributed by atoms with E-state index < -0.39 is 23.5 Å². The summed E-state index contributed by atoms with van der Waals surface area (Å²) in [5, 5.41) is 2.23. The first kappa shape index (κ1) is 15.4. The number of halogens is 5. The quantitative estimate of drug-likeness (QED) is 0.811. The van der Waals surface area contributed by atoms with E-state index in [-0.39, 0.29) is 11.4 Å². The Morgan fingerprint density at radius 2 is 1.90 bits per heavy atom. The Morgan fingerprint density at radius 1 is 1.19 bits per heavy atom. The van der Waals surface area contributed by atoms with Gasteiger partial charge in [0.1, 0.15) is 11.5 Å². The summed E-state index contributed by atoms with van der Waals surface area (Å²) in [5.41, 5.74) is -1.30. The standard InChI is InChI=1S/C13H7BrF4N2O/c14-8-2-4-10(9(15)5-8)20-12(21)11-3-1-7(6-19-11)13(16,17)18/h1-6H,(H,20,21). The molecule has 1 amide bonds. The molecule has 0 aliphatic heterocycles. The van der Waals surface area contributed by atoms with Crippen LogP contribution in [0.5, 0.6) is 0 Å². The summed E-state index contributed by atoms with van der Waals surface area (Å²) in [7, 11) is 0. The SMILES string of the molecule is O=C(Nc1ccc(Br)cc1F)c1ccc(C(F)(F)F)cn1. The van der Waals surface area contributed by atoms with Crippen LogP contribution in [0.3, 0.4) is 0 Å². The normalized spacial score (nSPS) is 11.3. The summed E-state index contributed by atoms with van der Waals surface area (Å²) < 4.78 is 51.1. The van der Waals surface area contributed by atoms with E-state index in [0.29, 0.717) is 10.7 Å². The molecule has 0 spiro atoms. The number of benzene rings is 1. The summed E-state index contributed by atoms with van der Waals surface area (Å²) in [6.07, 6.45) is -3.98. The number of anilines is 1. The molecule has 1 N–H and O–H groups in total. The number of hydrogen-bond donors (Lipinski definition) is 1. The van der Waals surface area contributed by atoms with E-state index >= 15 is 0 Å². The van der Waals surface area contributed by atoms with Crippen molar-refractivity contribution in [2.24, 2.45) is 0 Å². The van der Waals surface area contributed by atoms with Gasteiger partial charge in [0.05, 0.1) is 11.3 Å². The van der Waals surface area contributed by atoms with Crippen LogP contribution in [0.4, 0.5) is 23.2 Å². The van der Waals surface area contributed by atoms with E-state index in [2.05, 4.69) is 26.2 Å². The minimum absolute atomic E-state index is 0.0927. The van der Waals surface area contributed by atoms with Crippen LogP contribution >= 0.6 is 15.9 Å². The van der Waals surface area contributed by atoms with Gasteiger partial charge < -0.3 is 5.32 Å². The van der Waals surface area contributed by atoms with Crippen molar-refractivity contribution in [2.75, 3.05) is 5.32 Å². The predicted molar refractivity (Wildman–Crippen MR) is 71.3 cm³/mol. The number of carbonyl (C=O) groups is 1. The fraction of sp³-hybridized carbons (Fsp3) is 0.0769. The van der Waals surface area contributed by atoms with Gasteiger partial charge in [-0.15, -0.1) is 0 Å². The van der Waals surface area contributed by atoms with Gasteiger partial charge >= 0.3 is 6.18 Å². The molecule has 0 fully saturated rings. The van der Waals surface area contributed by atoms with Crippen LogP contribution in [0.15, 0.2) is 41.0 Å². The first-order valence-electron chi connectivity index (χ1n) is 5.57. The van der Waals surface area contributed by atoms with Crippen LogP contribution in [-0.2, 0) is 6.18 Å². The monoisotopic (exact) mass is 362 g/mol. The van der Waals surface area contributed by atoms with Gasteiger partial charge in [0, 0.05) is 10.7 Å². The molecule has 1 aromatic carbocycles. The number of carbonyl (C=O) groups excluding carboxylic acids is 1. The molecule has 0 aliphatic rings. The van der Waals surface area contributed by atoms with E-state index in [0.717, 1.165) is 18.2 Å². The molecule has 110 valence electrons. The van der Waals surface area contributed by atoms with Crippen molar-refractivity contribution in [2.45, 2.75) is 6.18 Å². The Hall–Kier alpha value is -1.96. The lowest BCUT2D eigenvalue weighted by Gasteiger charge is -2.08. The molecule has 1 heterocycles. The van der Waals surface area contributed by atoms with Crippen molar-refractivity contribution in [1.29, 1.82) is 0 Å². The number of nitrogens with zero attached hydrogens (tertiary/aromatic N) is 1. The molecule has 3 nitrogen and oxygen atoms in total. The number of rotatable bonds is 2. The molecule has 0 atom stereocenters. The predicted octanol–water partition coefficient (Wildman–Crippen LogP) is 4.25. The molecule has 8 heteroatoms. The summed E-state index contributed by atoms with van der Waals surface area (Å²) in [6, 6.07) is 5.64. The third kappa shape index (κ3) is 3.78. The molecular formula is C13H7BrF4N2O. The summed E-state index contributed by atoms with van der Waals surface area (Å²) in [5.74, 6) is -1.48. The fourth-order valence-corrected chi connectivity index (χ4v) is 1.81. The lowest BCUT2D eigenvalue weighted by atomic mass is 10.2. The van der Waals surface area contributed by atoms with Crippen molar-refractivity contribution in [1.82, 2.24) is 4.98 Å². The molecule has 1 aromatic heterocycles. The van der Waals surface area contributed by atoms with Crippen molar-refractivity contribution < 1.29 is 22.4 Å². The number of pyridine rings is 1. The van der Waals surface area contributed by atoms with Crippen LogP contribution in [0.1, 0.15) is 16.1 Å². The third-order valence-electron chi connectivity index (χ3n) is 2.50. The zero-order valence-corrected chi connectivity index (χ0v) is 11.8. The second kappa shape index (κ2) is 5.80. The van der Waals surface area contributed by atoms with Crippen LogP contribution in [-0.4, -0.2) is 10.9 Å². The second-order valence-electron chi connectivity index (χ2n) is 4.01. The highest BCUT2D eigenvalue weighted by atomic mass is 79.9. The van der Waals surface area contributed by atoms with Crippen molar-refractivity contribution in [3.05, 3.63) is 58.1 Å². The van der Waals surface area contributed by atoms with Gasteiger partial charge in [0.15, 0.2) is 0 Å². The van der Waals surface area contributed by atoms with Gasteiger partial charge in [-0.2, -0.15) is 13.2 Å². The molecule has 2 aromatic rings. The van der Waals surface area contributed by atoms with Gasteiger partial charge in [-0.1, -0.05) is 15.9 Å². The van der Waals surface area contributed by atoms with Crippen LogP contribution in [0.25, 0.3) is 0 Å². The fourth-order valence-electron chi connectivity index (χ4n) is 1.47.